The fourth-order valence-electron chi connectivity index (χ4n) is 4.42. The van der Waals surface area contributed by atoms with Crippen LogP contribution in [0.2, 0.25) is 0 Å². The molecule has 0 radical (unpaired) electrons. The van der Waals surface area contributed by atoms with Gasteiger partial charge >= 0.3 is 0 Å². The van der Waals surface area contributed by atoms with E-state index in [1.54, 1.807) is 12.5 Å². The van der Waals surface area contributed by atoms with Gasteiger partial charge in [0, 0.05) is 38.5 Å². The van der Waals surface area contributed by atoms with Crippen molar-refractivity contribution in [2.45, 2.75) is 58.2 Å². The van der Waals surface area contributed by atoms with Crippen LogP contribution in [0.15, 0.2) is 24.8 Å². The molecule has 0 bridgehead atoms. The average molecular weight is 386 g/mol. The summed E-state index contributed by atoms with van der Waals surface area (Å²) in [4.78, 5) is 11.4. The number of nitrogens with zero attached hydrogens (tertiary/aromatic N) is 6. The summed E-state index contributed by atoms with van der Waals surface area (Å²) < 4.78 is 7.93. The lowest BCUT2D eigenvalue weighted by Crippen LogP contribution is -2.43. The Bertz CT molecular complexity index is 736. The number of hydrogen-bond acceptors (Lipinski definition) is 7. The lowest BCUT2D eigenvalue weighted by molar-refractivity contribution is -0.0203. The molecule has 0 aliphatic carbocycles. The maximum Gasteiger partial charge on any atom is 0.134 e. The van der Waals surface area contributed by atoms with E-state index in [4.69, 9.17) is 4.74 Å². The monoisotopic (exact) mass is 385 g/mol. The van der Waals surface area contributed by atoms with Gasteiger partial charge in [-0.05, 0) is 37.5 Å². The van der Waals surface area contributed by atoms with E-state index in [-0.39, 0.29) is 6.10 Å². The zero-order valence-corrected chi connectivity index (χ0v) is 16.9. The van der Waals surface area contributed by atoms with Crippen LogP contribution in [0.4, 0.5) is 11.6 Å². The minimum Gasteiger partial charge on any atom is -0.376 e. The standard InChI is InChI=1S/C20H31N7O/c1-15(2)20-17(6-4-10-28-20)24-18-11-19(22-14-21-18)26-8-3-5-16(12-26)13-27-9-7-23-25-27/h7,9,11,14-17,20H,3-6,8,10,12-13H2,1-2H3,(H,21,22,24)/t16-,17+,20+/m1/s1. The molecule has 0 aromatic carbocycles. The van der Waals surface area contributed by atoms with Crippen molar-refractivity contribution in [3.63, 3.8) is 0 Å². The Hall–Kier alpha value is -2.22. The molecule has 0 unspecified atom stereocenters. The topological polar surface area (TPSA) is 81.0 Å². The van der Waals surface area contributed by atoms with Crippen LogP contribution in [0, 0.1) is 11.8 Å². The molecule has 2 fully saturated rings. The molecule has 8 nitrogen and oxygen atoms in total. The van der Waals surface area contributed by atoms with E-state index in [0.717, 1.165) is 57.1 Å². The number of anilines is 2. The second kappa shape index (κ2) is 8.86. The van der Waals surface area contributed by atoms with Crippen LogP contribution in [0.5, 0.6) is 0 Å². The van der Waals surface area contributed by atoms with E-state index in [9.17, 15) is 0 Å². The van der Waals surface area contributed by atoms with Gasteiger partial charge in [0.1, 0.15) is 18.0 Å². The third kappa shape index (κ3) is 4.60. The molecule has 2 aromatic rings. The number of ether oxygens (including phenoxy) is 1. The van der Waals surface area contributed by atoms with Gasteiger partial charge in [-0.25, -0.2) is 9.97 Å². The van der Waals surface area contributed by atoms with Crippen LogP contribution >= 0.6 is 0 Å². The molecule has 152 valence electrons. The molecule has 1 N–H and O–H groups in total. The lowest BCUT2D eigenvalue weighted by Gasteiger charge is -2.36. The Balaban J connectivity index is 1.41. The van der Waals surface area contributed by atoms with Crippen LogP contribution in [0.3, 0.4) is 0 Å². The quantitative estimate of drug-likeness (QED) is 0.818. The van der Waals surface area contributed by atoms with E-state index in [1.807, 2.05) is 10.9 Å². The summed E-state index contributed by atoms with van der Waals surface area (Å²) in [5, 5.41) is 11.6. The fourth-order valence-corrected chi connectivity index (χ4v) is 4.42. The fraction of sp³-hybridized carbons (Fsp3) is 0.700. The van der Waals surface area contributed by atoms with Gasteiger partial charge in [-0.15, -0.1) is 5.10 Å². The van der Waals surface area contributed by atoms with Crippen molar-refractivity contribution in [2.75, 3.05) is 29.9 Å². The van der Waals surface area contributed by atoms with Gasteiger partial charge in [-0.3, -0.25) is 4.68 Å². The molecular formula is C20H31N7O. The van der Waals surface area contributed by atoms with Gasteiger partial charge in [-0.2, -0.15) is 0 Å². The molecule has 28 heavy (non-hydrogen) atoms. The van der Waals surface area contributed by atoms with Gasteiger partial charge < -0.3 is 15.0 Å². The van der Waals surface area contributed by atoms with E-state index in [2.05, 4.69) is 50.4 Å². The second-order valence-electron chi connectivity index (χ2n) is 8.31. The molecular weight excluding hydrogens is 354 g/mol. The van der Waals surface area contributed by atoms with E-state index < -0.39 is 0 Å². The maximum atomic E-state index is 6.01. The Morgan fingerprint density at radius 1 is 1.25 bits per heavy atom. The maximum absolute atomic E-state index is 6.01. The first-order valence-corrected chi connectivity index (χ1v) is 10.5. The summed E-state index contributed by atoms with van der Waals surface area (Å²) in [5.41, 5.74) is 0. The summed E-state index contributed by atoms with van der Waals surface area (Å²) in [7, 11) is 0. The highest BCUT2D eigenvalue weighted by atomic mass is 16.5. The number of piperidine rings is 1. The summed E-state index contributed by atoms with van der Waals surface area (Å²) in [5.74, 6) is 2.93. The third-order valence-electron chi connectivity index (χ3n) is 5.77. The van der Waals surface area contributed by atoms with Crippen LogP contribution in [-0.2, 0) is 11.3 Å². The van der Waals surface area contributed by atoms with Crippen molar-refractivity contribution in [1.82, 2.24) is 25.0 Å². The Morgan fingerprint density at radius 3 is 3.00 bits per heavy atom. The average Bonchev–Trinajstić information content (AvgIpc) is 3.22. The zero-order valence-electron chi connectivity index (χ0n) is 16.9. The smallest absolute Gasteiger partial charge is 0.134 e. The minimum atomic E-state index is 0.231. The second-order valence-corrected chi connectivity index (χ2v) is 8.31. The SMILES string of the molecule is CC(C)[C@@H]1OCCC[C@@H]1Nc1cc(N2CCC[C@@H](Cn3ccnn3)C2)ncn1. The van der Waals surface area contributed by atoms with E-state index in [0.29, 0.717) is 17.9 Å². The first kappa shape index (κ1) is 19.1. The molecule has 8 heteroatoms. The normalized spacial score (nSPS) is 25.8. The highest BCUT2D eigenvalue weighted by Gasteiger charge is 2.29. The van der Waals surface area contributed by atoms with Gasteiger partial charge in [0.2, 0.25) is 0 Å². The van der Waals surface area contributed by atoms with E-state index in [1.165, 1.54) is 6.42 Å². The summed E-state index contributed by atoms with van der Waals surface area (Å²) in [6.07, 6.45) is 10.2. The highest BCUT2D eigenvalue weighted by molar-refractivity contribution is 5.49. The zero-order chi connectivity index (χ0) is 19.3. The molecule has 2 aliphatic heterocycles. The van der Waals surface area contributed by atoms with Crippen molar-refractivity contribution in [2.24, 2.45) is 11.8 Å². The molecule has 3 atom stereocenters. The third-order valence-corrected chi connectivity index (χ3v) is 5.77. The van der Waals surface area contributed by atoms with Crippen molar-refractivity contribution >= 4 is 11.6 Å². The van der Waals surface area contributed by atoms with Crippen LogP contribution in [0.1, 0.15) is 39.5 Å². The molecule has 2 saturated heterocycles. The largest absolute Gasteiger partial charge is 0.376 e. The number of rotatable bonds is 6. The first-order valence-electron chi connectivity index (χ1n) is 10.5. The van der Waals surface area contributed by atoms with Gasteiger partial charge in [0.15, 0.2) is 0 Å². The number of hydrogen-bond donors (Lipinski definition) is 1. The van der Waals surface area contributed by atoms with Crippen LogP contribution < -0.4 is 10.2 Å². The van der Waals surface area contributed by atoms with Crippen molar-refractivity contribution in [3.05, 3.63) is 24.8 Å². The van der Waals surface area contributed by atoms with Crippen LogP contribution in [0.25, 0.3) is 0 Å². The Morgan fingerprint density at radius 2 is 2.18 bits per heavy atom. The number of nitrogens with one attached hydrogen (secondary N) is 1. The summed E-state index contributed by atoms with van der Waals surface area (Å²) >= 11 is 0. The Labute approximate surface area is 166 Å². The van der Waals surface area contributed by atoms with Crippen molar-refractivity contribution < 1.29 is 4.74 Å². The van der Waals surface area contributed by atoms with Gasteiger partial charge in [0.25, 0.3) is 0 Å². The molecule has 2 aliphatic rings. The molecule has 2 aromatic heterocycles. The molecule has 4 heterocycles. The van der Waals surface area contributed by atoms with Crippen molar-refractivity contribution in [3.8, 4) is 0 Å². The predicted molar refractivity (Wildman–Crippen MR) is 108 cm³/mol. The Kier molecular flexibility index (Phi) is 6.04. The highest BCUT2D eigenvalue weighted by Crippen LogP contribution is 2.26. The minimum absolute atomic E-state index is 0.231. The molecule has 0 spiro atoms. The van der Waals surface area contributed by atoms with Gasteiger partial charge in [-0.1, -0.05) is 19.1 Å². The summed E-state index contributed by atoms with van der Waals surface area (Å²) in [6, 6.07) is 2.39. The predicted octanol–water partition coefficient (Wildman–Crippen LogP) is 2.60. The lowest BCUT2D eigenvalue weighted by atomic mass is 9.93. The molecule has 0 amide bonds. The molecule has 0 saturated carbocycles. The molecule has 4 rings (SSSR count). The number of aromatic nitrogens is 5. The summed E-state index contributed by atoms with van der Waals surface area (Å²) in [6.45, 7) is 8.22. The van der Waals surface area contributed by atoms with Crippen LogP contribution in [-0.4, -0.2) is 56.8 Å². The van der Waals surface area contributed by atoms with Crippen molar-refractivity contribution in [1.29, 1.82) is 0 Å². The first-order chi connectivity index (χ1) is 13.7. The van der Waals surface area contributed by atoms with E-state index >= 15 is 0 Å². The van der Waals surface area contributed by atoms with Gasteiger partial charge in [0.05, 0.1) is 18.3 Å².